The molecule has 2 aromatic rings. The lowest BCUT2D eigenvalue weighted by Gasteiger charge is -2.33. The van der Waals surface area contributed by atoms with Gasteiger partial charge in [-0.2, -0.15) is 0 Å². The van der Waals surface area contributed by atoms with Crippen LogP contribution in [0.1, 0.15) is 19.8 Å². The normalized spacial score (nSPS) is 18.8. The maximum atomic E-state index is 12.2. The number of hydrogen-bond donors (Lipinski definition) is 0. The Bertz CT molecular complexity index is 718. The van der Waals surface area contributed by atoms with Crippen LogP contribution in [0.4, 0.5) is 0 Å². The number of aryl methyl sites for hydroxylation is 1. The van der Waals surface area contributed by atoms with Crippen molar-refractivity contribution in [1.82, 2.24) is 9.47 Å². The van der Waals surface area contributed by atoms with Crippen molar-refractivity contribution in [3.05, 3.63) is 34.8 Å². The molecule has 3 rings (SSSR count). The van der Waals surface area contributed by atoms with Crippen LogP contribution in [-0.2, 0) is 16.1 Å². The lowest BCUT2D eigenvalue weighted by atomic mass is 10.2. The molecule has 0 bridgehead atoms. The summed E-state index contributed by atoms with van der Waals surface area (Å²) in [5.41, 5.74) is 1.36. The molecule has 1 amide bonds. The van der Waals surface area contributed by atoms with Gasteiger partial charge in [-0.15, -0.1) is 0 Å². The Morgan fingerprint density at radius 2 is 2.18 bits per heavy atom. The summed E-state index contributed by atoms with van der Waals surface area (Å²) in [6.07, 6.45) is 1.04. The second-order valence-electron chi connectivity index (χ2n) is 5.60. The fraction of sp³-hybridized carbons (Fsp3) is 0.500. The SMILES string of the molecule is C[C@H]1COCCN1C(=O)CCCn1c(=O)oc2ccccc21. The zero-order valence-corrected chi connectivity index (χ0v) is 12.7. The third-order valence-corrected chi connectivity index (χ3v) is 4.03. The van der Waals surface area contributed by atoms with Crippen LogP contribution >= 0.6 is 0 Å². The molecule has 6 heteroatoms. The first-order valence-electron chi connectivity index (χ1n) is 7.62. The molecule has 0 unspecified atom stereocenters. The molecule has 1 atom stereocenters. The lowest BCUT2D eigenvalue weighted by Crippen LogP contribution is -2.47. The number of ether oxygens (including phenoxy) is 1. The lowest BCUT2D eigenvalue weighted by molar-refractivity contribution is -0.139. The van der Waals surface area contributed by atoms with E-state index in [-0.39, 0.29) is 17.7 Å². The molecule has 1 aromatic heterocycles. The summed E-state index contributed by atoms with van der Waals surface area (Å²) in [7, 11) is 0. The minimum absolute atomic E-state index is 0.122. The van der Waals surface area contributed by atoms with Crippen LogP contribution in [0.2, 0.25) is 0 Å². The number of carbonyl (C=O) groups is 1. The first-order chi connectivity index (χ1) is 10.7. The molecule has 118 valence electrons. The number of rotatable bonds is 4. The van der Waals surface area contributed by atoms with Crippen LogP contribution in [-0.4, -0.2) is 41.2 Å². The van der Waals surface area contributed by atoms with Crippen molar-refractivity contribution in [2.75, 3.05) is 19.8 Å². The van der Waals surface area contributed by atoms with Gasteiger partial charge in [-0.1, -0.05) is 12.1 Å². The molecule has 1 aliphatic heterocycles. The number of para-hydroxylation sites is 2. The highest BCUT2D eigenvalue weighted by atomic mass is 16.5. The molecule has 0 spiro atoms. The van der Waals surface area contributed by atoms with Gasteiger partial charge in [-0.25, -0.2) is 4.79 Å². The molecule has 1 aliphatic rings. The highest BCUT2D eigenvalue weighted by molar-refractivity contribution is 5.76. The quantitative estimate of drug-likeness (QED) is 0.861. The summed E-state index contributed by atoms with van der Waals surface area (Å²) in [5.74, 6) is -0.245. The number of benzene rings is 1. The fourth-order valence-electron chi connectivity index (χ4n) is 2.86. The average molecular weight is 304 g/mol. The zero-order chi connectivity index (χ0) is 15.5. The summed E-state index contributed by atoms with van der Waals surface area (Å²) in [6, 6.07) is 7.45. The first-order valence-corrected chi connectivity index (χ1v) is 7.62. The number of morpholine rings is 1. The van der Waals surface area contributed by atoms with E-state index < -0.39 is 0 Å². The Kier molecular flexibility index (Phi) is 4.29. The summed E-state index contributed by atoms with van der Waals surface area (Å²) in [6.45, 7) is 4.32. The summed E-state index contributed by atoms with van der Waals surface area (Å²) in [5, 5.41) is 0. The maximum absolute atomic E-state index is 12.2. The Balaban J connectivity index is 1.61. The van der Waals surface area contributed by atoms with E-state index in [9.17, 15) is 9.59 Å². The highest BCUT2D eigenvalue weighted by Crippen LogP contribution is 2.13. The Labute approximate surface area is 128 Å². The van der Waals surface area contributed by atoms with Gasteiger partial charge in [0.2, 0.25) is 5.91 Å². The highest BCUT2D eigenvalue weighted by Gasteiger charge is 2.23. The van der Waals surface area contributed by atoms with Gasteiger partial charge >= 0.3 is 5.76 Å². The van der Waals surface area contributed by atoms with Crippen molar-refractivity contribution in [2.24, 2.45) is 0 Å². The number of hydrogen-bond acceptors (Lipinski definition) is 4. The van der Waals surface area contributed by atoms with E-state index in [0.29, 0.717) is 44.7 Å². The minimum atomic E-state index is -0.367. The monoisotopic (exact) mass is 304 g/mol. The predicted octanol–water partition coefficient (Wildman–Crippen LogP) is 1.62. The van der Waals surface area contributed by atoms with Gasteiger partial charge in [0.25, 0.3) is 0 Å². The maximum Gasteiger partial charge on any atom is 0.419 e. The second kappa shape index (κ2) is 6.36. The Morgan fingerprint density at radius 3 is 3.00 bits per heavy atom. The Hall–Kier alpha value is -2.08. The van der Waals surface area contributed by atoms with Crippen molar-refractivity contribution >= 4 is 17.0 Å². The largest absolute Gasteiger partial charge is 0.419 e. The van der Waals surface area contributed by atoms with Gasteiger partial charge in [0.1, 0.15) is 0 Å². The van der Waals surface area contributed by atoms with E-state index in [1.54, 1.807) is 10.6 Å². The van der Waals surface area contributed by atoms with E-state index in [1.165, 1.54) is 0 Å². The van der Waals surface area contributed by atoms with Gasteiger partial charge in [-0.3, -0.25) is 9.36 Å². The molecule has 1 aromatic carbocycles. The molecule has 1 fully saturated rings. The molecule has 0 aliphatic carbocycles. The van der Waals surface area contributed by atoms with Crippen molar-refractivity contribution in [3.8, 4) is 0 Å². The third kappa shape index (κ3) is 2.92. The fourth-order valence-corrected chi connectivity index (χ4v) is 2.86. The number of carbonyl (C=O) groups excluding carboxylic acids is 1. The van der Waals surface area contributed by atoms with Crippen molar-refractivity contribution in [2.45, 2.75) is 32.4 Å². The van der Waals surface area contributed by atoms with Crippen LogP contribution in [0, 0.1) is 0 Å². The van der Waals surface area contributed by atoms with Crippen molar-refractivity contribution in [1.29, 1.82) is 0 Å². The Morgan fingerprint density at radius 1 is 1.36 bits per heavy atom. The number of aromatic nitrogens is 1. The van der Waals surface area contributed by atoms with Crippen LogP contribution < -0.4 is 5.76 Å². The summed E-state index contributed by atoms with van der Waals surface area (Å²) < 4.78 is 12.1. The van der Waals surface area contributed by atoms with Gasteiger partial charge in [-0.05, 0) is 25.5 Å². The predicted molar refractivity (Wildman–Crippen MR) is 81.7 cm³/mol. The van der Waals surface area contributed by atoms with Crippen molar-refractivity contribution in [3.63, 3.8) is 0 Å². The van der Waals surface area contributed by atoms with Crippen LogP contribution in [0.15, 0.2) is 33.5 Å². The number of oxazole rings is 1. The number of amides is 1. The zero-order valence-electron chi connectivity index (χ0n) is 12.7. The average Bonchev–Trinajstić information content (AvgIpc) is 2.83. The first kappa shape index (κ1) is 14.8. The molecular weight excluding hydrogens is 284 g/mol. The van der Waals surface area contributed by atoms with Gasteiger partial charge in [0.05, 0.1) is 24.8 Å². The van der Waals surface area contributed by atoms with Gasteiger partial charge < -0.3 is 14.1 Å². The molecular formula is C16H20N2O4. The van der Waals surface area contributed by atoms with E-state index in [1.807, 2.05) is 30.0 Å². The summed E-state index contributed by atoms with van der Waals surface area (Å²) >= 11 is 0. The number of nitrogens with zero attached hydrogens (tertiary/aromatic N) is 2. The van der Waals surface area contributed by atoms with E-state index in [2.05, 4.69) is 0 Å². The topological polar surface area (TPSA) is 64.7 Å². The molecule has 0 radical (unpaired) electrons. The van der Waals surface area contributed by atoms with E-state index in [4.69, 9.17) is 9.15 Å². The van der Waals surface area contributed by atoms with Crippen LogP contribution in [0.25, 0.3) is 11.1 Å². The van der Waals surface area contributed by atoms with Gasteiger partial charge in [0.15, 0.2) is 5.58 Å². The second-order valence-corrected chi connectivity index (χ2v) is 5.60. The molecule has 1 saturated heterocycles. The van der Waals surface area contributed by atoms with Crippen LogP contribution in [0.5, 0.6) is 0 Å². The van der Waals surface area contributed by atoms with E-state index >= 15 is 0 Å². The smallest absolute Gasteiger partial charge is 0.408 e. The standard InChI is InChI=1S/C16H20N2O4/c1-12-11-21-10-9-17(12)15(19)7-4-8-18-13-5-2-3-6-14(13)22-16(18)20/h2-3,5-6,12H,4,7-11H2,1H3/t12-/m0/s1. The molecule has 6 nitrogen and oxygen atoms in total. The van der Waals surface area contributed by atoms with Crippen LogP contribution in [0.3, 0.4) is 0 Å². The molecule has 0 N–H and O–H groups in total. The molecule has 22 heavy (non-hydrogen) atoms. The van der Waals surface area contributed by atoms with Gasteiger partial charge in [0, 0.05) is 19.5 Å². The molecule has 0 saturated carbocycles. The number of fused-ring (bicyclic) bond motifs is 1. The molecule has 2 heterocycles. The summed E-state index contributed by atoms with van der Waals surface area (Å²) in [4.78, 5) is 26.0. The van der Waals surface area contributed by atoms with Crippen molar-refractivity contribution < 1.29 is 13.9 Å². The van der Waals surface area contributed by atoms with E-state index in [0.717, 1.165) is 5.52 Å². The minimum Gasteiger partial charge on any atom is -0.408 e. The third-order valence-electron chi connectivity index (χ3n) is 4.03.